The minimum absolute atomic E-state index is 0.166. The second kappa shape index (κ2) is 8.59. The van der Waals surface area contributed by atoms with E-state index in [0.29, 0.717) is 28.7 Å². The van der Waals surface area contributed by atoms with E-state index < -0.39 is 24.2 Å². The molecule has 0 radical (unpaired) electrons. The molecule has 1 aromatic carbocycles. The van der Waals surface area contributed by atoms with E-state index in [-0.39, 0.29) is 11.7 Å². The molecular formula is C22H26O6. The molecular weight excluding hydrogens is 360 g/mol. The highest BCUT2D eigenvalue weighted by molar-refractivity contribution is 5.93. The van der Waals surface area contributed by atoms with Crippen molar-refractivity contribution in [1.29, 1.82) is 0 Å². The highest BCUT2D eigenvalue weighted by Gasteiger charge is 2.33. The lowest BCUT2D eigenvalue weighted by Gasteiger charge is -2.36. The molecule has 0 bridgehead atoms. The Morgan fingerprint density at radius 3 is 2.71 bits per heavy atom. The zero-order chi connectivity index (χ0) is 20.3. The molecule has 0 spiro atoms. The lowest BCUT2D eigenvalue weighted by Crippen LogP contribution is -2.37. The van der Waals surface area contributed by atoms with Crippen LogP contribution in [0.25, 0.3) is 11.0 Å². The quantitative estimate of drug-likeness (QED) is 0.571. The van der Waals surface area contributed by atoms with Gasteiger partial charge in [0.15, 0.2) is 6.61 Å². The molecule has 28 heavy (non-hydrogen) atoms. The molecule has 3 atom stereocenters. The summed E-state index contributed by atoms with van der Waals surface area (Å²) in [6.45, 7) is 5.87. The summed E-state index contributed by atoms with van der Waals surface area (Å²) in [5.74, 6) is -0.270. The smallest absolute Gasteiger partial charge is 0.351 e. The average molecular weight is 386 g/mol. The van der Waals surface area contributed by atoms with E-state index in [9.17, 15) is 14.4 Å². The SMILES string of the molecule is CC(C)[C@@H]1CC[C@H](C)C[C@H]1OC(=O)COC(=O)c1cc2ccccc2oc1=O. The fourth-order valence-corrected chi connectivity index (χ4v) is 3.86. The van der Waals surface area contributed by atoms with Crippen molar-refractivity contribution < 1.29 is 23.5 Å². The number of benzene rings is 1. The van der Waals surface area contributed by atoms with E-state index in [1.54, 1.807) is 24.3 Å². The third-order valence-corrected chi connectivity index (χ3v) is 5.43. The van der Waals surface area contributed by atoms with Crippen LogP contribution >= 0.6 is 0 Å². The molecule has 0 unspecified atom stereocenters. The number of esters is 2. The Labute approximate surface area is 163 Å². The van der Waals surface area contributed by atoms with Crippen molar-refractivity contribution in [3.8, 4) is 0 Å². The van der Waals surface area contributed by atoms with Crippen LogP contribution in [0.2, 0.25) is 0 Å². The maximum Gasteiger partial charge on any atom is 0.351 e. The van der Waals surface area contributed by atoms with Crippen molar-refractivity contribution >= 4 is 22.9 Å². The molecule has 0 aliphatic heterocycles. The third kappa shape index (κ3) is 4.61. The molecule has 1 aliphatic carbocycles. The Morgan fingerprint density at radius 2 is 1.96 bits per heavy atom. The Balaban J connectivity index is 1.62. The van der Waals surface area contributed by atoms with E-state index in [0.717, 1.165) is 19.3 Å². The van der Waals surface area contributed by atoms with Crippen LogP contribution in [0, 0.1) is 17.8 Å². The number of rotatable bonds is 5. The fourth-order valence-electron chi connectivity index (χ4n) is 3.86. The normalized spacial score (nSPS) is 22.2. The van der Waals surface area contributed by atoms with Crippen molar-refractivity contribution in [3.05, 3.63) is 46.3 Å². The monoisotopic (exact) mass is 386 g/mol. The van der Waals surface area contributed by atoms with Crippen LogP contribution < -0.4 is 5.63 Å². The number of para-hydroxylation sites is 1. The second-order valence-corrected chi connectivity index (χ2v) is 7.92. The van der Waals surface area contributed by atoms with Gasteiger partial charge in [0.05, 0.1) is 0 Å². The molecule has 3 rings (SSSR count). The van der Waals surface area contributed by atoms with Crippen LogP contribution in [0.15, 0.2) is 39.5 Å². The summed E-state index contributed by atoms with van der Waals surface area (Å²) >= 11 is 0. The highest BCUT2D eigenvalue weighted by atomic mass is 16.6. The van der Waals surface area contributed by atoms with Gasteiger partial charge in [-0.2, -0.15) is 0 Å². The molecule has 1 aromatic heterocycles. The predicted octanol–water partition coefficient (Wildman–Crippen LogP) is 3.95. The van der Waals surface area contributed by atoms with Crippen molar-refractivity contribution in [2.45, 2.75) is 46.1 Å². The van der Waals surface area contributed by atoms with E-state index in [1.165, 1.54) is 6.07 Å². The van der Waals surface area contributed by atoms with Gasteiger partial charge in [0.25, 0.3) is 0 Å². The summed E-state index contributed by atoms with van der Waals surface area (Å²) in [5, 5.41) is 0.604. The number of carbonyl (C=O) groups is 2. The Morgan fingerprint density at radius 1 is 1.21 bits per heavy atom. The molecule has 1 saturated carbocycles. The van der Waals surface area contributed by atoms with E-state index >= 15 is 0 Å². The summed E-state index contributed by atoms with van der Waals surface area (Å²) in [4.78, 5) is 36.5. The molecule has 2 aromatic rings. The van der Waals surface area contributed by atoms with Gasteiger partial charge in [-0.05, 0) is 42.7 Å². The summed E-state index contributed by atoms with van der Waals surface area (Å²) in [6, 6.07) is 8.27. The molecule has 1 aliphatic rings. The van der Waals surface area contributed by atoms with Gasteiger partial charge in [0.2, 0.25) is 0 Å². The van der Waals surface area contributed by atoms with Crippen molar-refractivity contribution in [1.82, 2.24) is 0 Å². The Hall–Kier alpha value is -2.63. The van der Waals surface area contributed by atoms with E-state index in [2.05, 4.69) is 20.8 Å². The molecule has 6 heteroatoms. The van der Waals surface area contributed by atoms with Crippen LogP contribution in [0.5, 0.6) is 0 Å². The van der Waals surface area contributed by atoms with Gasteiger partial charge in [-0.3, -0.25) is 0 Å². The maximum atomic E-state index is 12.2. The van der Waals surface area contributed by atoms with Crippen LogP contribution in [0.1, 0.15) is 50.4 Å². The van der Waals surface area contributed by atoms with Crippen LogP contribution in [-0.4, -0.2) is 24.6 Å². The number of hydrogen-bond acceptors (Lipinski definition) is 6. The first kappa shape index (κ1) is 20.1. The van der Waals surface area contributed by atoms with Gasteiger partial charge >= 0.3 is 17.6 Å². The molecule has 0 amide bonds. The van der Waals surface area contributed by atoms with Gasteiger partial charge < -0.3 is 13.9 Å². The molecule has 0 saturated heterocycles. The summed E-state index contributed by atoms with van der Waals surface area (Å²) in [6.07, 6.45) is 2.80. The van der Waals surface area contributed by atoms with Gasteiger partial charge in [0, 0.05) is 5.39 Å². The van der Waals surface area contributed by atoms with Crippen LogP contribution in [0.4, 0.5) is 0 Å². The van der Waals surface area contributed by atoms with Crippen molar-refractivity contribution in [2.75, 3.05) is 6.61 Å². The number of fused-ring (bicyclic) bond motifs is 1. The summed E-state index contributed by atoms with van der Waals surface area (Å²) in [5.41, 5.74) is -0.648. The highest BCUT2D eigenvalue weighted by Crippen LogP contribution is 2.35. The van der Waals surface area contributed by atoms with Gasteiger partial charge in [0.1, 0.15) is 17.3 Å². The van der Waals surface area contributed by atoms with Gasteiger partial charge in [-0.25, -0.2) is 14.4 Å². The molecule has 6 nitrogen and oxygen atoms in total. The minimum Gasteiger partial charge on any atom is -0.460 e. The standard InChI is InChI=1S/C22H26O6/c1-13(2)16-9-8-14(3)10-19(16)27-20(23)12-26-21(24)17-11-15-6-4-5-7-18(15)28-22(17)25/h4-7,11,13-14,16,19H,8-10,12H2,1-3H3/t14-,16-,19+/m0/s1. The van der Waals surface area contributed by atoms with Crippen molar-refractivity contribution in [2.24, 2.45) is 17.8 Å². The number of hydrogen-bond donors (Lipinski definition) is 0. The first-order valence-electron chi connectivity index (χ1n) is 9.74. The Kier molecular flexibility index (Phi) is 6.17. The summed E-state index contributed by atoms with van der Waals surface area (Å²) in [7, 11) is 0. The van der Waals surface area contributed by atoms with E-state index in [1.807, 2.05) is 0 Å². The minimum atomic E-state index is -0.895. The van der Waals surface area contributed by atoms with E-state index in [4.69, 9.17) is 13.9 Å². The van der Waals surface area contributed by atoms with Crippen LogP contribution in [0.3, 0.4) is 0 Å². The fraction of sp³-hybridized carbons (Fsp3) is 0.500. The first-order chi connectivity index (χ1) is 13.3. The van der Waals surface area contributed by atoms with Crippen LogP contribution in [-0.2, 0) is 14.3 Å². The molecule has 0 N–H and O–H groups in total. The van der Waals surface area contributed by atoms with Crippen molar-refractivity contribution in [3.63, 3.8) is 0 Å². The third-order valence-electron chi connectivity index (χ3n) is 5.43. The average Bonchev–Trinajstić information content (AvgIpc) is 2.65. The first-order valence-corrected chi connectivity index (χ1v) is 9.74. The predicted molar refractivity (Wildman–Crippen MR) is 104 cm³/mol. The second-order valence-electron chi connectivity index (χ2n) is 7.92. The topological polar surface area (TPSA) is 82.8 Å². The van der Waals surface area contributed by atoms with Gasteiger partial charge in [-0.15, -0.1) is 0 Å². The zero-order valence-corrected chi connectivity index (χ0v) is 16.5. The number of carbonyl (C=O) groups excluding carboxylic acids is 2. The molecule has 1 heterocycles. The van der Waals surface area contributed by atoms with Gasteiger partial charge in [-0.1, -0.05) is 45.4 Å². The molecule has 150 valence electrons. The Bertz CT molecular complexity index is 913. The lowest BCUT2D eigenvalue weighted by molar-refractivity contribution is -0.159. The number of ether oxygens (including phenoxy) is 2. The maximum absolute atomic E-state index is 12.2. The zero-order valence-electron chi connectivity index (χ0n) is 16.5. The molecule has 1 fully saturated rings. The summed E-state index contributed by atoms with van der Waals surface area (Å²) < 4.78 is 15.7. The lowest BCUT2D eigenvalue weighted by atomic mass is 9.75. The largest absolute Gasteiger partial charge is 0.460 e.